The van der Waals surface area contributed by atoms with Gasteiger partial charge >= 0.3 is 18.5 Å². The number of nitrogens with one attached hydrogen (secondary N) is 3. The Hall–Kier alpha value is -4.28. The van der Waals surface area contributed by atoms with Crippen LogP contribution in [0.5, 0.6) is 0 Å². The molecule has 1 atom stereocenters. The van der Waals surface area contributed by atoms with Crippen LogP contribution >= 0.6 is 0 Å². The third-order valence-corrected chi connectivity index (χ3v) is 5.30. The molecule has 194 valence electrons. The molecule has 0 spiro atoms. The fourth-order valence-corrected chi connectivity index (χ4v) is 3.60. The van der Waals surface area contributed by atoms with Crippen LogP contribution < -0.4 is 26.2 Å². The molecule has 4 rings (SSSR count). The Morgan fingerprint density at radius 2 is 2.06 bits per heavy atom. The van der Waals surface area contributed by atoms with Crippen molar-refractivity contribution in [2.24, 2.45) is 0 Å². The molecule has 36 heavy (non-hydrogen) atoms. The number of hydrogen-bond acceptors (Lipinski definition) is 9. The number of aromatic nitrogens is 3. The van der Waals surface area contributed by atoms with Gasteiger partial charge in [0.2, 0.25) is 11.9 Å². The normalized spacial score (nSPS) is 18.3. The number of carbonyl (C=O) groups excluding carboxylic acids is 3. The molecule has 17 heteroatoms. The minimum Gasteiger partial charge on any atom is -0.442 e. The van der Waals surface area contributed by atoms with Gasteiger partial charge in [-0.15, -0.1) is 10.2 Å². The standard InChI is InChI=1S/C19H22F3N9O5/c20-12-7-10(30-9-11(36-19(30)34)8-24-15(32)14(21)22)1-2-13(12)29-3-4-31(35-6-5-29)18(33)26-17-25-16(23)27-28-17/h1-2,7,11,14H,3-6,8-9H2,(H,24,32)(H4,23,25,26,27,28,33)/t11-/m0/s1. The van der Waals surface area contributed by atoms with Gasteiger partial charge in [0.1, 0.15) is 11.9 Å². The van der Waals surface area contributed by atoms with Crippen LogP contribution in [0, 0.1) is 5.82 Å². The Labute approximate surface area is 201 Å². The van der Waals surface area contributed by atoms with Crippen molar-refractivity contribution >= 4 is 41.3 Å². The molecule has 2 aromatic rings. The molecule has 2 aliphatic heterocycles. The third-order valence-electron chi connectivity index (χ3n) is 5.30. The number of anilines is 4. The lowest BCUT2D eigenvalue weighted by Gasteiger charge is -2.23. The predicted molar refractivity (Wildman–Crippen MR) is 118 cm³/mol. The summed E-state index contributed by atoms with van der Waals surface area (Å²) in [5, 5.41) is 12.7. The van der Waals surface area contributed by atoms with Gasteiger partial charge in [-0.25, -0.2) is 19.0 Å². The zero-order valence-corrected chi connectivity index (χ0v) is 18.6. The second kappa shape index (κ2) is 10.5. The number of amides is 4. The Morgan fingerprint density at radius 3 is 2.75 bits per heavy atom. The highest BCUT2D eigenvalue weighted by Crippen LogP contribution is 2.28. The van der Waals surface area contributed by atoms with E-state index in [9.17, 15) is 23.2 Å². The summed E-state index contributed by atoms with van der Waals surface area (Å²) >= 11 is 0. The number of nitrogens with zero attached hydrogens (tertiary/aromatic N) is 5. The number of H-pyrrole nitrogens is 1. The number of benzene rings is 1. The van der Waals surface area contributed by atoms with E-state index in [0.29, 0.717) is 0 Å². The molecule has 0 radical (unpaired) electrons. The van der Waals surface area contributed by atoms with E-state index < -0.39 is 36.4 Å². The largest absolute Gasteiger partial charge is 0.442 e. The van der Waals surface area contributed by atoms with E-state index >= 15 is 4.39 Å². The number of cyclic esters (lactones) is 1. The molecular formula is C19H22F3N9O5. The van der Waals surface area contributed by atoms with Gasteiger partial charge in [0, 0.05) is 13.1 Å². The molecule has 1 aromatic carbocycles. The van der Waals surface area contributed by atoms with E-state index in [-0.39, 0.29) is 62.6 Å². The summed E-state index contributed by atoms with van der Waals surface area (Å²) in [7, 11) is 0. The first kappa shape index (κ1) is 24.8. The Bertz CT molecular complexity index is 1130. The quantitative estimate of drug-likeness (QED) is 0.430. The van der Waals surface area contributed by atoms with Crippen LogP contribution in [0.1, 0.15) is 0 Å². The van der Waals surface area contributed by atoms with E-state index in [1.54, 1.807) is 4.90 Å². The highest BCUT2D eigenvalue weighted by atomic mass is 19.3. The van der Waals surface area contributed by atoms with Gasteiger partial charge < -0.3 is 20.7 Å². The zero-order chi connectivity index (χ0) is 25.8. The molecule has 14 nitrogen and oxygen atoms in total. The minimum atomic E-state index is -3.18. The average molecular weight is 513 g/mol. The van der Waals surface area contributed by atoms with Crippen molar-refractivity contribution < 1.29 is 37.1 Å². The molecule has 0 aliphatic carbocycles. The third kappa shape index (κ3) is 5.68. The Balaban J connectivity index is 1.35. The van der Waals surface area contributed by atoms with Crippen LogP contribution in [0.4, 0.5) is 46.0 Å². The summed E-state index contributed by atoms with van der Waals surface area (Å²) in [5.74, 6) is -2.03. The first-order valence-corrected chi connectivity index (χ1v) is 10.7. The van der Waals surface area contributed by atoms with Crippen molar-refractivity contribution in [2.75, 3.05) is 60.2 Å². The van der Waals surface area contributed by atoms with Crippen molar-refractivity contribution in [3.63, 3.8) is 0 Å². The summed E-state index contributed by atoms with van der Waals surface area (Å²) in [4.78, 5) is 46.3. The van der Waals surface area contributed by atoms with E-state index in [2.05, 4.69) is 20.5 Å². The molecule has 3 heterocycles. The van der Waals surface area contributed by atoms with Gasteiger partial charge in [-0.3, -0.25) is 24.8 Å². The van der Waals surface area contributed by atoms with Crippen LogP contribution in [-0.2, 0) is 14.4 Å². The Morgan fingerprint density at radius 1 is 1.25 bits per heavy atom. The average Bonchev–Trinajstić information content (AvgIpc) is 3.32. The maximum Gasteiger partial charge on any atom is 0.414 e. The molecule has 0 saturated carbocycles. The van der Waals surface area contributed by atoms with Crippen molar-refractivity contribution in [3.05, 3.63) is 24.0 Å². The van der Waals surface area contributed by atoms with Crippen molar-refractivity contribution in [1.29, 1.82) is 0 Å². The number of alkyl halides is 2. The summed E-state index contributed by atoms with van der Waals surface area (Å²) < 4.78 is 44.7. The van der Waals surface area contributed by atoms with Crippen molar-refractivity contribution in [2.45, 2.75) is 12.5 Å². The van der Waals surface area contributed by atoms with E-state index in [4.69, 9.17) is 15.3 Å². The summed E-state index contributed by atoms with van der Waals surface area (Å²) in [5.41, 5.74) is 5.84. The number of ether oxygens (including phenoxy) is 1. The molecule has 4 amide bonds. The predicted octanol–water partition coefficient (Wildman–Crippen LogP) is 0.518. The number of nitrogen functional groups attached to an aromatic ring is 1. The fraction of sp³-hybridized carbons (Fsp3) is 0.421. The van der Waals surface area contributed by atoms with Crippen LogP contribution in [-0.4, -0.2) is 90.1 Å². The number of carbonyl (C=O) groups is 3. The SMILES string of the molecule is Nc1nnc(NC(=O)N2CCN(c3ccc(N4C[C@H](CNC(=O)C(F)F)OC4=O)cc3F)CCO2)[nH]1. The van der Waals surface area contributed by atoms with E-state index in [1.807, 2.05) is 5.32 Å². The van der Waals surface area contributed by atoms with Crippen LogP contribution in [0.15, 0.2) is 18.2 Å². The van der Waals surface area contributed by atoms with Gasteiger partial charge in [0.05, 0.1) is 37.6 Å². The molecule has 0 unspecified atom stereocenters. The van der Waals surface area contributed by atoms with Gasteiger partial charge in [-0.05, 0) is 18.2 Å². The highest BCUT2D eigenvalue weighted by molar-refractivity contribution is 5.90. The minimum absolute atomic E-state index is 0.0309. The number of hydroxylamine groups is 2. The lowest BCUT2D eigenvalue weighted by Crippen LogP contribution is -2.37. The number of nitrogens with two attached hydrogens (primary N) is 1. The zero-order valence-electron chi connectivity index (χ0n) is 18.6. The maximum absolute atomic E-state index is 15.0. The van der Waals surface area contributed by atoms with Crippen molar-refractivity contribution in [3.8, 4) is 0 Å². The van der Waals surface area contributed by atoms with E-state index in [0.717, 1.165) is 16.0 Å². The number of hydrogen-bond donors (Lipinski definition) is 4. The molecular weight excluding hydrogens is 491 g/mol. The molecule has 0 bridgehead atoms. The second-order valence-electron chi connectivity index (χ2n) is 7.71. The van der Waals surface area contributed by atoms with Gasteiger partial charge in [-0.2, -0.15) is 8.78 Å². The highest BCUT2D eigenvalue weighted by Gasteiger charge is 2.34. The number of rotatable bonds is 6. The maximum atomic E-state index is 15.0. The first-order valence-electron chi connectivity index (χ1n) is 10.7. The van der Waals surface area contributed by atoms with Gasteiger partial charge in [0.15, 0.2) is 0 Å². The molecule has 5 N–H and O–H groups in total. The summed E-state index contributed by atoms with van der Waals surface area (Å²) in [6.45, 7) is 0.332. The van der Waals surface area contributed by atoms with E-state index in [1.165, 1.54) is 12.1 Å². The summed E-state index contributed by atoms with van der Waals surface area (Å²) in [6.07, 6.45) is -4.84. The van der Waals surface area contributed by atoms with Crippen LogP contribution in [0.25, 0.3) is 0 Å². The lowest BCUT2D eigenvalue weighted by molar-refractivity contribution is -0.132. The number of urea groups is 1. The van der Waals surface area contributed by atoms with Gasteiger partial charge in [0.25, 0.3) is 5.91 Å². The van der Waals surface area contributed by atoms with Crippen LogP contribution in [0.2, 0.25) is 0 Å². The summed E-state index contributed by atoms with van der Waals surface area (Å²) in [6, 6.07) is 3.50. The fourth-order valence-electron chi connectivity index (χ4n) is 3.60. The smallest absolute Gasteiger partial charge is 0.414 e. The molecule has 1 aromatic heterocycles. The topological polar surface area (TPSA) is 171 Å². The molecule has 2 aliphatic rings. The molecule has 2 saturated heterocycles. The monoisotopic (exact) mass is 513 g/mol. The van der Waals surface area contributed by atoms with Crippen LogP contribution in [0.3, 0.4) is 0 Å². The second-order valence-corrected chi connectivity index (χ2v) is 7.71. The number of aromatic amines is 1. The molecule has 2 fully saturated rings. The Kier molecular flexibility index (Phi) is 7.28. The van der Waals surface area contributed by atoms with Crippen molar-refractivity contribution in [1.82, 2.24) is 25.6 Å². The lowest BCUT2D eigenvalue weighted by atomic mass is 10.2. The number of halogens is 3. The van der Waals surface area contributed by atoms with Gasteiger partial charge in [-0.1, -0.05) is 0 Å². The first-order chi connectivity index (χ1) is 17.2.